The molecule has 1 unspecified atom stereocenters. The second kappa shape index (κ2) is 3.94. The maximum Gasteiger partial charge on any atom is 0.224 e. The Hall–Kier alpha value is -1.29. The minimum absolute atomic E-state index is 0.203. The number of nitrogens with two attached hydrogens (primary N) is 1. The van der Waals surface area contributed by atoms with Crippen molar-refractivity contribution in [3.8, 4) is 0 Å². The van der Waals surface area contributed by atoms with Crippen LogP contribution in [0.3, 0.4) is 0 Å². The van der Waals surface area contributed by atoms with E-state index in [9.17, 15) is 4.79 Å². The Labute approximate surface area is 95.4 Å². The first-order valence-corrected chi connectivity index (χ1v) is 5.56. The Kier molecular flexibility index (Phi) is 2.76. The lowest BCUT2D eigenvalue weighted by Gasteiger charge is -2.20. The molecule has 1 atom stereocenters. The molecule has 1 aromatic heterocycles. The summed E-state index contributed by atoms with van der Waals surface area (Å²) in [6, 6.07) is 2.03. The van der Waals surface area contributed by atoms with Gasteiger partial charge < -0.3 is 10.2 Å². The van der Waals surface area contributed by atoms with Gasteiger partial charge in [-0.15, -0.1) is 0 Å². The molecule has 1 fully saturated rings. The number of primary amides is 1. The molecule has 0 spiro atoms. The predicted octanol–water partition coefficient (Wildman–Crippen LogP) is 1.29. The Bertz CT molecular complexity index is 399. The number of nitrogens with zero attached hydrogens (tertiary/aromatic N) is 1. The van der Waals surface area contributed by atoms with E-state index in [1.807, 2.05) is 19.9 Å². The van der Waals surface area contributed by atoms with Gasteiger partial charge >= 0.3 is 0 Å². The molecule has 0 saturated carbocycles. The fourth-order valence-electron chi connectivity index (χ4n) is 2.19. The van der Waals surface area contributed by atoms with Crippen LogP contribution in [0.2, 0.25) is 0 Å². The van der Waals surface area contributed by atoms with Crippen LogP contribution in [-0.4, -0.2) is 23.9 Å². The van der Waals surface area contributed by atoms with Crippen LogP contribution in [-0.2, 0) is 11.3 Å². The van der Waals surface area contributed by atoms with Crippen LogP contribution in [0.1, 0.15) is 24.7 Å². The third-order valence-corrected chi connectivity index (χ3v) is 3.31. The van der Waals surface area contributed by atoms with Crippen molar-refractivity contribution in [3.05, 3.63) is 23.7 Å². The third-order valence-electron chi connectivity index (χ3n) is 3.31. The number of amides is 1. The second-order valence-corrected chi connectivity index (χ2v) is 4.98. The van der Waals surface area contributed by atoms with Crippen molar-refractivity contribution in [2.24, 2.45) is 11.1 Å². The molecule has 4 heteroatoms. The number of hydrogen-bond acceptors (Lipinski definition) is 3. The summed E-state index contributed by atoms with van der Waals surface area (Å²) < 4.78 is 5.40. The standard InChI is InChI=1S/C12H18N2O2/c1-9-5-10(16-7-9)6-14-4-3-12(2,8-14)11(13)15/h5,7H,3-4,6,8H2,1-2H3,(H2,13,15). The van der Waals surface area contributed by atoms with Crippen LogP contribution >= 0.6 is 0 Å². The van der Waals surface area contributed by atoms with E-state index < -0.39 is 0 Å². The second-order valence-electron chi connectivity index (χ2n) is 4.98. The van der Waals surface area contributed by atoms with E-state index >= 15 is 0 Å². The fraction of sp³-hybridized carbons (Fsp3) is 0.583. The minimum atomic E-state index is -0.373. The molecule has 1 saturated heterocycles. The van der Waals surface area contributed by atoms with Gasteiger partial charge in [0.1, 0.15) is 5.76 Å². The Morgan fingerprint density at radius 3 is 2.94 bits per heavy atom. The summed E-state index contributed by atoms with van der Waals surface area (Å²) in [6.07, 6.45) is 2.58. The van der Waals surface area contributed by atoms with E-state index in [0.29, 0.717) is 0 Å². The highest BCUT2D eigenvalue weighted by Gasteiger charge is 2.38. The number of carbonyl (C=O) groups is 1. The molecule has 0 bridgehead atoms. The molecular weight excluding hydrogens is 204 g/mol. The van der Waals surface area contributed by atoms with Gasteiger partial charge in [-0.1, -0.05) is 0 Å². The van der Waals surface area contributed by atoms with Gasteiger partial charge in [0.25, 0.3) is 0 Å². The van der Waals surface area contributed by atoms with Crippen molar-refractivity contribution in [3.63, 3.8) is 0 Å². The average Bonchev–Trinajstić information content (AvgIpc) is 2.75. The third kappa shape index (κ3) is 2.11. The van der Waals surface area contributed by atoms with Crippen LogP contribution in [0, 0.1) is 12.3 Å². The van der Waals surface area contributed by atoms with Crippen molar-refractivity contribution in [2.45, 2.75) is 26.8 Å². The molecule has 1 aliphatic heterocycles. The van der Waals surface area contributed by atoms with Crippen molar-refractivity contribution in [2.75, 3.05) is 13.1 Å². The van der Waals surface area contributed by atoms with Gasteiger partial charge in [-0.05, 0) is 38.4 Å². The molecule has 2 N–H and O–H groups in total. The van der Waals surface area contributed by atoms with E-state index in [1.165, 1.54) is 0 Å². The summed E-state index contributed by atoms with van der Waals surface area (Å²) in [7, 11) is 0. The molecule has 2 rings (SSSR count). The highest BCUT2D eigenvalue weighted by Crippen LogP contribution is 2.30. The number of rotatable bonds is 3. The molecule has 1 amide bonds. The highest BCUT2D eigenvalue weighted by atomic mass is 16.3. The van der Waals surface area contributed by atoms with E-state index in [-0.39, 0.29) is 11.3 Å². The van der Waals surface area contributed by atoms with Gasteiger partial charge in [-0.3, -0.25) is 9.69 Å². The first kappa shape index (κ1) is 11.2. The first-order chi connectivity index (χ1) is 7.49. The van der Waals surface area contributed by atoms with Crippen LogP contribution < -0.4 is 5.73 Å². The van der Waals surface area contributed by atoms with Gasteiger partial charge in [0.15, 0.2) is 0 Å². The van der Waals surface area contributed by atoms with Crippen LogP contribution in [0.5, 0.6) is 0 Å². The van der Waals surface area contributed by atoms with Crippen molar-refractivity contribution in [1.82, 2.24) is 4.90 Å². The Balaban J connectivity index is 1.97. The van der Waals surface area contributed by atoms with Gasteiger partial charge in [0, 0.05) is 6.54 Å². The lowest BCUT2D eigenvalue weighted by Crippen LogP contribution is -2.36. The number of hydrogen-bond donors (Lipinski definition) is 1. The number of aryl methyl sites for hydroxylation is 1. The normalized spacial score (nSPS) is 26.1. The Morgan fingerprint density at radius 2 is 2.44 bits per heavy atom. The SMILES string of the molecule is Cc1coc(CN2CCC(C)(C(N)=O)C2)c1. The smallest absolute Gasteiger partial charge is 0.224 e. The monoisotopic (exact) mass is 222 g/mol. The molecule has 1 aromatic rings. The first-order valence-electron chi connectivity index (χ1n) is 5.56. The summed E-state index contributed by atoms with van der Waals surface area (Å²) in [5.41, 5.74) is 6.16. The molecule has 88 valence electrons. The van der Waals surface area contributed by atoms with Gasteiger partial charge in [-0.25, -0.2) is 0 Å². The molecule has 0 radical (unpaired) electrons. The predicted molar refractivity (Wildman–Crippen MR) is 60.6 cm³/mol. The van der Waals surface area contributed by atoms with E-state index in [4.69, 9.17) is 10.2 Å². The average molecular weight is 222 g/mol. The molecule has 0 aliphatic carbocycles. The quantitative estimate of drug-likeness (QED) is 0.838. The van der Waals surface area contributed by atoms with Crippen LogP contribution in [0.4, 0.5) is 0 Å². The van der Waals surface area contributed by atoms with Gasteiger partial charge in [0.05, 0.1) is 18.2 Å². The maximum absolute atomic E-state index is 11.3. The van der Waals surface area contributed by atoms with E-state index in [1.54, 1.807) is 6.26 Å². The summed E-state index contributed by atoms with van der Waals surface area (Å²) in [5.74, 6) is 0.747. The van der Waals surface area contributed by atoms with E-state index in [2.05, 4.69) is 4.90 Å². The molecule has 16 heavy (non-hydrogen) atoms. The van der Waals surface area contributed by atoms with Gasteiger partial charge in [0.2, 0.25) is 5.91 Å². The van der Waals surface area contributed by atoms with Crippen molar-refractivity contribution >= 4 is 5.91 Å². The maximum atomic E-state index is 11.3. The summed E-state index contributed by atoms with van der Waals surface area (Å²) in [5, 5.41) is 0. The molecular formula is C12H18N2O2. The fourth-order valence-corrected chi connectivity index (χ4v) is 2.19. The lowest BCUT2D eigenvalue weighted by atomic mass is 9.89. The Morgan fingerprint density at radius 1 is 1.69 bits per heavy atom. The highest BCUT2D eigenvalue weighted by molar-refractivity contribution is 5.81. The summed E-state index contributed by atoms with van der Waals surface area (Å²) >= 11 is 0. The number of likely N-dealkylation sites (tertiary alicyclic amines) is 1. The minimum Gasteiger partial charge on any atom is -0.468 e. The zero-order valence-electron chi connectivity index (χ0n) is 9.82. The zero-order chi connectivity index (χ0) is 11.8. The van der Waals surface area contributed by atoms with Gasteiger partial charge in [-0.2, -0.15) is 0 Å². The number of carbonyl (C=O) groups excluding carboxylic acids is 1. The van der Waals surface area contributed by atoms with Crippen LogP contribution in [0.25, 0.3) is 0 Å². The van der Waals surface area contributed by atoms with Crippen molar-refractivity contribution in [1.29, 1.82) is 0 Å². The summed E-state index contributed by atoms with van der Waals surface area (Å²) in [4.78, 5) is 13.5. The zero-order valence-corrected chi connectivity index (χ0v) is 9.82. The largest absolute Gasteiger partial charge is 0.468 e. The van der Waals surface area contributed by atoms with Crippen molar-refractivity contribution < 1.29 is 9.21 Å². The lowest BCUT2D eigenvalue weighted by molar-refractivity contribution is -0.126. The summed E-state index contributed by atoms with van der Waals surface area (Å²) in [6.45, 7) is 6.32. The number of furan rings is 1. The topological polar surface area (TPSA) is 59.5 Å². The molecule has 2 heterocycles. The molecule has 4 nitrogen and oxygen atoms in total. The molecule has 1 aliphatic rings. The van der Waals surface area contributed by atoms with E-state index in [0.717, 1.165) is 37.4 Å². The molecule has 0 aromatic carbocycles. The van der Waals surface area contributed by atoms with Crippen LogP contribution in [0.15, 0.2) is 16.7 Å².